The van der Waals surface area contributed by atoms with E-state index in [1.54, 1.807) is 0 Å². The van der Waals surface area contributed by atoms with Gasteiger partial charge < -0.3 is 61.0 Å². The van der Waals surface area contributed by atoms with Gasteiger partial charge in [-0.05, 0) is 0 Å². The lowest BCUT2D eigenvalue weighted by atomic mass is 10.0. The molecule has 0 rings (SSSR count). The lowest BCUT2D eigenvalue weighted by molar-refractivity contribution is -0.164. The van der Waals surface area contributed by atoms with Crippen molar-refractivity contribution in [3.8, 4) is 0 Å². The van der Waals surface area contributed by atoms with Crippen molar-refractivity contribution in [2.24, 2.45) is 0 Å². The van der Waals surface area contributed by atoms with Gasteiger partial charge in [-0.3, -0.25) is 0 Å². The third-order valence-electron chi connectivity index (χ3n) is 2.93. The summed E-state index contributed by atoms with van der Waals surface area (Å²) in [6, 6.07) is 0. The molecule has 0 fully saturated rings. The van der Waals surface area contributed by atoms with Crippen molar-refractivity contribution in [3.05, 3.63) is 0 Å². The molecule has 0 aliphatic heterocycles. The number of carboxylic acid groups (broad SMARTS) is 1. The molecule has 0 spiro atoms. The van der Waals surface area contributed by atoms with Crippen LogP contribution in [0.2, 0.25) is 0 Å². The predicted octanol–water partition coefficient (Wildman–Crippen LogP) is -6.87. The van der Waals surface area contributed by atoms with Crippen LogP contribution < -0.4 is 0 Å². The summed E-state index contributed by atoms with van der Waals surface area (Å²) in [4.78, 5) is 20.0. The van der Waals surface area contributed by atoms with Crippen LogP contribution in [0.1, 0.15) is 0 Å². The third kappa shape index (κ3) is 9.13. The summed E-state index contributed by atoms with van der Waals surface area (Å²) in [5, 5.41) is 95.4. The second-order valence-electron chi connectivity index (χ2n) is 4.87. The van der Waals surface area contributed by atoms with Crippen molar-refractivity contribution in [1.82, 2.24) is 0 Å². The van der Waals surface area contributed by atoms with E-state index in [2.05, 4.69) is 0 Å². The fourth-order valence-electron chi connectivity index (χ4n) is 1.29. The molecule has 0 aromatic heterocycles. The van der Waals surface area contributed by atoms with Crippen LogP contribution in [-0.2, 0) is 9.59 Å². The minimum atomic E-state index is -2.20. The minimum absolute atomic E-state index is 0.0258. The van der Waals surface area contributed by atoms with Gasteiger partial charge in [-0.25, -0.2) is 4.79 Å². The van der Waals surface area contributed by atoms with E-state index in [-0.39, 0.29) is 6.29 Å². The monoisotopic (exact) mass is 376 g/mol. The van der Waals surface area contributed by atoms with E-state index in [0.29, 0.717) is 0 Å². The first-order valence-electron chi connectivity index (χ1n) is 6.80. The number of aliphatic hydroxyl groups excluding tert-OH is 10. The summed E-state index contributed by atoms with van der Waals surface area (Å²) in [5.41, 5.74) is 0. The van der Waals surface area contributed by atoms with E-state index in [9.17, 15) is 9.59 Å². The summed E-state index contributed by atoms with van der Waals surface area (Å²) in [6.45, 7) is -1.60. The van der Waals surface area contributed by atoms with E-state index in [0.717, 1.165) is 0 Å². The number of carbonyl (C=O) groups is 2. The van der Waals surface area contributed by atoms with Gasteiger partial charge in [0, 0.05) is 0 Å². The van der Waals surface area contributed by atoms with Gasteiger partial charge in [0.2, 0.25) is 0 Å². The van der Waals surface area contributed by atoms with Crippen LogP contribution in [0.3, 0.4) is 0 Å². The summed E-state index contributed by atoms with van der Waals surface area (Å²) in [7, 11) is 0. The SMILES string of the molecule is O=C(O)[C@H](O)[C@@H](O)[C@@H](O)[C@H](O)CO.O=C[C@H](O)[C@@H](O)[C@H](O)[C@H](O)CO. The van der Waals surface area contributed by atoms with Crippen molar-refractivity contribution in [1.29, 1.82) is 0 Å². The number of carboxylic acids is 1. The normalized spacial score (nSPS) is 20.7. The van der Waals surface area contributed by atoms with E-state index >= 15 is 0 Å². The molecule has 13 heteroatoms. The largest absolute Gasteiger partial charge is 0.479 e. The molecule has 0 aliphatic carbocycles. The van der Waals surface area contributed by atoms with Gasteiger partial charge in [0.1, 0.15) is 42.7 Å². The Bertz CT molecular complexity index is 378. The van der Waals surface area contributed by atoms with Crippen molar-refractivity contribution in [3.63, 3.8) is 0 Å². The maximum atomic E-state index is 10.1. The number of carbonyl (C=O) groups excluding carboxylic acids is 1. The molecule has 0 unspecified atom stereocenters. The fourth-order valence-corrected chi connectivity index (χ4v) is 1.29. The third-order valence-corrected chi connectivity index (χ3v) is 2.93. The second kappa shape index (κ2) is 13.0. The highest BCUT2D eigenvalue weighted by Crippen LogP contribution is 2.05. The maximum absolute atomic E-state index is 10.1. The Hall–Kier alpha value is -1.26. The first-order valence-corrected chi connectivity index (χ1v) is 6.80. The zero-order valence-electron chi connectivity index (χ0n) is 12.8. The van der Waals surface area contributed by atoms with E-state index < -0.39 is 68.0 Å². The van der Waals surface area contributed by atoms with Crippen molar-refractivity contribution in [2.75, 3.05) is 13.2 Å². The number of aliphatic hydroxyl groups is 10. The summed E-state index contributed by atoms with van der Waals surface area (Å²) >= 11 is 0. The zero-order valence-corrected chi connectivity index (χ0v) is 12.8. The predicted molar refractivity (Wildman–Crippen MR) is 75.9 cm³/mol. The quantitative estimate of drug-likeness (QED) is 0.159. The number of rotatable bonds is 10. The van der Waals surface area contributed by atoms with Gasteiger partial charge >= 0.3 is 5.97 Å². The summed E-state index contributed by atoms with van der Waals surface area (Å²) < 4.78 is 0. The molecule has 0 aliphatic rings. The van der Waals surface area contributed by atoms with Crippen LogP contribution in [0.15, 0.2) is 0 Å². The van der Waals surface area contributed by atoms with Crippen LogP contribution in [0, 0.1) is 0 Å². The Morgan fingerprint density at radius 1 is 0.720 bits per heavy atom. The molecule has 8 atom stereocenters. The number of aliphatic carboxylic acids is 1. The zero-order chi connectivity index (χ0) is 20.3. The fraction of sp³-hybridized carbons (Fsp3) is 0.833. The van der Waals surface area contributed by atoms with Crippen molar-refractivity contribution in [2.45, 2.75) is 48.8 Å². The molecule has 0 saturated heterocycles. The van der Waals surface area contributed by atoms with E-state index in [1.165, 1.54) is 0 Å². The molecule has 25 heavy (non-hydrogen) atoms. The standard InChI is InChI=1S/C6H12O7.C6H12O6/c7-1-2(8)3(9)4(10)5(11)6(12)13;7-1-3(9)5(11)6(12)4(10)2-8/h2-5,7-11H,1H2,(H,12,13);1,3-6,8-12H,2H2/t2-,3+,4+,5-;3-,4+,5+,6+/m10/s1. The van der Waals surface area contributed by atoms with Gasteiger partial charge in [0.25, 0.3) is 0 Å². The summed E-state index contributed by atoms with van der Waals surface area (Å²) in [6.07, 6.45) is -14.7. The first-order chi connectivity index (χ1) is 11.5. The smallest absolute Gasteiger partial charge is 0.335 e. The molecule has 11 N–H and O–H groups in total. The molecule has 0 bridgehead atoms. The van der Waals surface area contributed by atoms with Crippen LogP contribution in [-0.4, -0.2) is 130 Å². The van der Waals surface area contributed by atoms with Crippen LogP contribution in [0.5, 0.6) is 0 Å². The van der Waals surface area contributed by atoms with Gasteiger partial charge in [-0.2, -0.15) is 0 Å². The highest BCUT2D eigenvalue weighted by Gasteiger charge is 2.33. The molecule has 13 nitrogen and oxygen atoms in total. The topological polar surface area (TPSA) is 257 Å². The molecule has 0 radical (unpaired) electrons. The Morgan fingerprint density at radius 3 is 1.36 bits per heavy atom. The molecule has 150 valence electrons. The van der Waals surface area contributed by atoms with Gasteiger partial charge in [-0.1, -0.05) is 0 Å². The highest BCUT2D eigenvalue weighted by molar-refractivity contribution is 5.72. The average Bonchev–Trinajstić information content (AvgIpc) is 2.62. The maximum Gasteiger partial charge on any atom is 0.335 e. The molecule has 0 aromatic rings. The first kappa shape index (κ1) is 26.0. The molecule has 0 aromatic carbocycles. The second-order valence-corrected chi connectivity index (χ2v) is 4.87. The van der Waals surface area contributed by atoms with Crippen LogP contribution >= 0.6 is 0 Å². The number of aldehydes is 1. The molecule has 0 amide bonds. The Morgan fingerprint density at radius 2 is 1.08 bits per heavy atom. The molecular formula is C12H24O13. The van der Waals surface area contributed by atoms with Gasteiger partial charge in [0.05, 0.1) is 13.2 Å². The van der Waals surface area contributed by atoms with Crippen LogP contribution in [0.4, 0.5) is 0 Å². The van der Waals surface area contributed by atoms with Crippen molar-refractivity contribution >= 4 is 12.3 Å². The number of hydrogen-bond acceptors (Lipinski definition) is 12. The van der Waals surface area contributed by atoms with E-state index in [4.69, 9.17) is 56.2 Å². The lowest BCUT2D eigenvalue weighted by Crippen LogP contribution is -2.48. The Labute approximate surface area is 141 Å². The molecular weight excluding hydrogens is 352 g/mol. The molecule has 0 heterocycles. The van der Waals surface area contributed by atoms with E-state index in [1.807, 2.05) is 0 Å². The lowest BCUT2D eigenvalue weighted by Gasteiger charge is -2.23. The van der Waals surface area contributed by atoms with Crippen molar-refractivity contribution < 1.29 is 65.8 Å². The average molecular weight is 376 g/mol. The number of hydrogen-bond donors (Lipinski definition) is 11. The van der Waals surface area contributed by atoms with Gasteiger partial charge in [-0.15, -0.1) is 0 Å². The summed E-state index contributed by atoms with van der Waals surface area (Å²) in [5.74, 6) is -1.73. The Balaban J connectivity index is 0. The Kier molecular flexibility index (Phi) is 13.5. The highest BCUT2D eigenvalue weighted by atomic mass is 16.4. The molecule has 0 saturated carbocycles. The van der Waals surface area contributed by atoms with Gasteiger partial charge in [0.15, 0.2) is 12.4 Å². The van der Waals surface area contributed by atoms with Crippen LogP contribution in [0.25, 0.3) is 0 Å². The minimum Gasteiger partial charge on any atom is -0.479 e.